The molecule has 0 bridgehead atoms. The molecule has 3 aromatic rings. The molecule has 1 atom stereocenters. The second kappa shape index (κ2) is 6.80. The predicted molar refractivity (Wildman–Crippen MR) is 121 cm³/mol. The molecule has 6 nitrogen and oxygen atoms in total. The molecule has 6 heteroatoms. The molecule has 2 aromatic heterocycles. The summed E-state index contributed by atoms with van der Waals surface area (Å²) < 4.78 is 7.73. The van der Waals surface area contributed by atoms with Crippen LogP contribution in [0.1, 0.15) is 42.1 Å². The molecule has 6 rings (SSSR count). The van der Waals surface area contributed by atoms with E-state index in [1.54, 1.807) is 7.11 Å². The van der Waals surface area contributed by atoms with Gasteiger partial charge in [-0.3, -0.25) is 4.79 Å². The number of methoxy groups -OCH3 is 1. The minimum atomic E-state index is -0.175. The molecule has 1 saturated heterocycles. The number of fused-ring (bicyclic) bond motifs is 5. The molecule has 2 N–H and O–H groups in total. The summed E-state index contributed by atoms with van der Waals surface area (Å²) in [6.45, 7) is 1.49. The summed E-state index contributed by atoms with van der Waals surface area (Å²) in [5.74, 6) is 1.01. The van der Waals surface area contributed by atoms with E-state index in [0.29, 0.717) is 0 Å². The predicted octanol–water partition coefficient (Wildman–Crippen LogP) is 4.26. The summed E-state index contributed by atoms with van der Waals surface area (Å²) in [6, 6.07) is 12.5. The topological polar surface area (TPSA) is 62.3 Å². The fraction of sp³-hybridized carbons (Fsp3) is 0.320. The van der Waals surface area contributed by atoms with Crippen LogP contribution in [0, 0.1) is 0 Å². The molecule has 2 aliphatic heterocycles. The normalized spacial score (nSPS) is 20.5. The lowest BCUT2D eigenvalue weighted by atomic mass is 9.81. The van der Waals surface area contributed by atoms with Crippen molar-refractivity contribution in [1.82, 2.24) is 14.5 Å². The van der Waals surface area contributed by atoms with E-state index in [1.165, 1.54) is 5.69 Å². The number of anilines is 1. The van der Waals surface area contributed by atoms with Gasteiger partial charge >= 0.3 is 0 Å². The maximum absolute atomic E-state index is 13.4. The van der Waals surface area contributed by atoms with Crippen LogP contribution in [0.4, 0.5) is 5.69 Å². The number of hydrogen-bond donors (Lipinski definition) is 2. The first-order valence-electron chi connectivity index (χ1n) is 11.0. The molecular weight excluding hydrogens is 388 g/mol. The van der Waals surface area contributed by atoms with E-state index in [0.717, 1.165) is 60.7 Å². The molecule has 1 spiro atoms. The lowest BCUT2D eigenvalue weighted by Crippen LogP contribution is -2.51. The summed E-state index contributed by atoms with van der Waals surface area (Å²) >= 11 is 0. The van der Waals surface area contributed by atoms with E-state index in [9.17, 15) is 4.79 Å². The number of rotatable bonds is 2. The first-order chi connectivity index (χ1) is 15.2. The highest BCUT2D eigenvalue weighted by Gasteiger charge is 2.43. The number of nitrogens with one attached hydrogen (secondary N) is 2. The third kappa shape index (κ3) is 2.74. The van der Waals surface area contributed by atoms with E-state index in [2.05, 4.69) is 62.4 Å². The second-order valence-corrected chi connectivity index (χ2v) is 8.72. The lowest BCUT2D eigenvalue weighted by molar-refractivity contribution is -0.134. The van der Waals surface area contributed by atoms with Gasteiger partial charge in [0, 0.05) is 42.9 Å². The standard InChI is InChI=1S/C25H26N4O2/c1-31-17-7-8-22-21(16-17)27-25(23-6-3-13-29(22)23)10-14-28(15-11-25)24(30)19-4-2-5-20-18(19)9-12-26-20/h2-3,5-9,12-13,16,19,26-27H,4,10-11,14-15H2,1H3. The highest BCUT2D eigenvalue weighted by Crippen LogP contribution is 2.45. The van der Waals surface area contributed by atoms with Crippen molar-refractivity contribution in [3.8, 4) is 11.4 Å². The number of H-pyrrole nitrogens is 1. The van der Waals surface area contributed by atoms with Crippen LogP contribution in [-0.2, 0) is 10.3 Å². The zero-order valence-electron chi connectivity index (χ0n) is 17.6. The van der Waals surface area contributed by atoms with Gasteiger partial charge in [-0.1, -0.05) is 6.08 Å². The van der Waals surface area contributed by atoms with Crippen LogP contribution in [0.25, 0.3) is 11.8 Å². The van der Waals surface area contributed by atoms with Crippen LogP contribution >= 0.6 is 0 Å². The summed E-state index contributed by atoms with van der Waals surface area (Å²) in [6.07, 6.45) is 10.8. The quantitative estimate of drug-likeness (QED) is 0.659. The SMILES string of the molecule is COc1ccc2c(c1)NC1(CCN(C(=O)C3CC=Cc4[nH]ccc43)CC1)c1cccn1-2. The largest absolute Gasteiger partial charge is 0.497 e. The molecule has 1 amide bonds. The van der Waals surface area contributed by atoms with Gasteiger partial charge in [-0.05, 0) is 61.2 Å². The molecule has 0 radical (unpaired) electrons. The van der Waals surface area contributed by atoms with Gasteiger partial charge in [-0.15, -0.1) is 0 Å². The fourth-order valence-electron chi connectivity index (χ4n) is 5.49. The molecule has 1 unspecified atom stereocenters. The summed E-state index contributed by atoms with van der Waals surface area (Å²) in [4.78, 5) is 18.7. The Hall–Kier alpha value is -3.41. The lowest BCUT2D eigenvalue weighted by Gasteiger charge is -2.46. The van der Waals surface area contributed by atoms with Gasteiger partial charge in [0.15, 0.2) is 0 Å². The van der Waals surface area contributed by atoms with Gasteiger partial charge in [0.25, 0.3) is 0 Å². The van der Waals surface area contributed by atoms with E-state index in [4.69, 9.17) is 4.74 Å². The van der Waals surface area contributed by atoms with Crippen LogP contribution in [-0.4, -0.2) is 40.6 Å². The van der Waals surface area contributed by atoms with Gasteiger partial charge in [-0.2, -0.15) is 0 Å². The van der Waals surface area contributed by atoms with Crippen molar-refractivity contribution >= 4 is 17.7 Å². The van der Waals surface area contributed by atoms with Crippen LogP contribution in [0.5, 0.6) is 5.75 Å². The Balaban J connectivity index is 1.26. The first-order valence-corrected chi connectivity index (χ1v) is 11.0. The zero-order chi connectivity index (χ0) is 21.0. The van der Waals surface area contributed by atoms with E-state index in [-0.39, 0.29) is 17.4 Å². The Bertz CT molecular complexity index is 1180. The number of ether oxygens (including phenoxy) is 1. The average Bonchev–Trinajstić information content (AvgIpc) is 3.49. The highest BCUT2D eigenvalue weighted by molar-refractivity contribution is 5.86. The maximum atomic E-state index is 13.4. The number of benzene rings is 1. The van der Waals surface area contributed by atoms with Gasteiger partial charge in [0.2, 0.25) is 5.91 Å². The number of nitrogens with zero attached hydrogens (tertiary/aromatic N) is 2. The molecule has 3 aliphatic rings. The third-order valence-electron chi connectivity index (χ3n) is 7.15. The Morgan fingerprint density at radius 1 is 1.19 bits per heavy atom. The van der Waals surface area contributed by atoms with Gasteiger partial charge in [0.05, 0.1) is 29.9 Å². The monoisotopic (exact) mass is 414 g/mol. The minimum absolute atomic E-state index is 0.0755. The Kier molecular flexibility index (Phi) is 4.03. The molecule has 1 aromatic carbocycles. The van der Waals surface area contributed by atoms with Gasteiger partial charge in [-0.25, -0.2) is 0 Å². The smallest absolute Gasteiger partial charge is 0.230 e. The van der Waals surface area contributed by atoms with Crippen molar-refractivity contribution in [2.24, 2.45) is 0 Å². The van der Waals surface area contributed by atoms with E-state index < -0.39 is 0 Å². The molecule has 31 heavy (non-hydrogen) atoms. The summed E-state index contributed by atoms with van der Waals surface area (Å²) in [5.41, 5.74) is 5.50. The number of piperidine rings is 1. The van der Waals surface area contributed by atoms with Crippen molar-refractivity contribution in [2.75, 3.05) is 25.5 Å². The molecule has 1 aliphatic carbocycles. The Morgan fingerprint density at radius 3 is 2.90 bits per heavy atom. The number of aromatic nitrogens is 2. The van der Waals surface area contributed by atoms with Gasteiger partial charge in [0.1, 0.15) is 5.75 Å². The van der Waals surface area contributed by atoms with Gasteiger partial charge < -0.3 is 24.5 Å². The summed E-state index contributed by atoms with van der Waals surface area (Å²) in [5, 5.41) is 3.82. The zero-order valence-corrected chi connectivity index (χ0v) is 17.6. The number of carbonyl (C=O) groups is 1. The first kappa shape index (κ1) is 18.4. The van der Waals surface area contributed by atoms with Crippen LogP contribution in [0.15, 0.2) is 54.9 Å². The maximum Gasteiger partial charge on any atom is 0.230 e. The fourth-order valence-corrected chi connectivity index (χ4v) is 5.49. The number of hydrogen-bond acceptors (Lipinski definition) is 3. The van der Waals surface area contributed by atoms with Crippen molar-refractivity contribution in [3.05, 3.63) is 71.8 Å². The minimum Gasteiger partial charge on any atom is -0.497 e. The highest BCUT2D eigenvalue weighted by atomic mass is 16.5. The number of likely N-dealkylation sites (tertiary alicyclic amines) is 1. The van der Waals surface area contributed by atoms with Crippen molar-refractivity contribution in [2.45, 2.75) is 30.7 Å². The molecular formula is C25H26N4O2. The molecule has 0 saturated carbocycles. The number of carbonyl (C=O) groups excluding carboxylic acids is 1. The average molecular weight is 415 g/mol. The van der Waals surface area contributed by atoms with Crippen molar-refractivity contribution in [3.63, 3.8) is 0 Å². The van der Waals surface area contributed by atoms with Crippen LogP contribution in [0.3, 0.4) is 0 Å². The molecule has 1 fully saturated rings. The van der Waals surface area contributed by atoms with Crippen molar-refractivity contribution in [1.29, 1.82) is 0 Å². The van der Waals surface area contributed by atoms with Crippen LogP contribution in [0.2, 0.25) is 0 Å². The number of allylic oxidation sites excluding steroid dienone is 1. The molecule has 158 valence electrons. The summed E-state index contributed by atoms with van der Waals surface area (Å²) in [7, 11) is 1.70. The Labute approximate surface area is 181 Å². The third-order valence-corrected chi connectivity index (χ3v) is 7.15. The van der Waals surface area contributed by atoms with Crippen LogP contribution < -0.4 is 10.1 Å². The second-order valence-electron chi connectivity index (χ2n) is 8.72. The van der Waals surface area contributed by atoms with E-state index in [1.807, 2.05) is 18.3 Å². The number of aromatic amines is 1. The number of amides is 1. The van der Waals surface area contributed by atoms with E-state index >= 15 is 0 Å². The molecule has 4 heterocycles. The Morgan fingerprint density at radius 2 is 2.06 bits per heavy atom. The van der Waals surface area contributed by atoms with Crippen molar-refractivity contribution < 1.29 is 9.53 Å².